The Morgan fingerprint density at radius 2 is 2.06 bits per heavy atom. The lowest BCUT2D eigenvalue weighted by Gasteiger charge is -2.17. The topological polar surface area (TPSA) is 108 Å². The molecule has 7 nitrogen and oxygen atoms in total. The van der Waals surface area contributed by atoms with Crippen LogP contribution in [-0.2, 0) is 9.59 Å². The maximum Gasteiger partial charge on any atom is 0.319 e. The van der Waals surface area contributed by atoms with Crippen LogP contribution in [0, 0.1) is 0 Å². The Bertz CT molecular complexity index is 261. The van der Waals surface area contributed by atoms with Gasteiger partial charge in [0.1, 0.15) is 6.54 Å². The van der Waals surface area contributed by atoms with Crippen LogP contribution >= 0.6 is 0 Å². The van der Waals surface area contributed by atoms with Gasteiger partial charge < -0.3 is 16.2 Å². The van der Waals surface area contributed by atoms with Crippen molar-refractivity contribution in [2.24, 2.45) is 5.73 Å². The Labute approximate surface area is 108 Å². The van der Waals surface area contributed by atoms with Crippen LogP contribution in [0.25, 0.3) is 0 Å². The molecule has 0 radical (unpaired) electrons. The molecule has 0 heterocycles. The molecule has 1 amide bonds. The van der Waals surface area contributed by atoms with Gasteiger partial charge in [0.2, 0.25) is 5.91 Å². The van der Waals surface area contributed by atoms with Gasteiger partial charge in [-0.15, -0.1) is 0 Å². The smallest absolute Gasteiger partial charge is 0.319 e. The number of carbonyl (C=O) groups is 2. The number of carbonyl (C=O) groups excluding carboxylic acids is 1. The molecule has 0 spiro atoms. The van der Waals surface area contributed by atoms with Gasteiger partial charge in [-0.25, -0.2) is 5.01 Å². The van der Waals surface area contributed by atoms with Crippen molar-refractivity contribution in [2.45, 2.75) is 32.2 Å². The van der Waals surface area contributed by atoms with Crippen molar-refractivity contribution in [1.82, 2.24) is 15.8 Å². The summed E-state index contributed by atoms with van der Waals surface area (Å²) in [4.78, 5) is 21.9. The number of likely N-dealkylation sites (N-methyl/N-ethyl adjacent to an activating group) is 1. The monoisotopic (exact) mass is 260 g/mol. The predicted octanol–water partition coefficient (Wildman–Crippen LogP) is -0.859. The van der Waals surface area contributed by atoms with Crippen LogP contribution in [-0.4, -0.2) is 54.7 Å². The minimum atomic E-state index is -0.995. The van der Waals surface area contributed by atoms with Crippen molar-refractivity contribution < 1.29 is 14.7 Å². The Balaban J connectivity index is 3.69. The van der Waals surface area contributed by atoms with Gasteiger partial charge in [0, 0.05) is 19.5 Å². The zero-order chi connectivity index (χ0) is 14.0. The van der Waals surface area contributed by atoms with E-state index in [0.717, 1.165) is 25.9 Å². The molecule has 0 fully saturated rings. The first-order valence-corrected chi connectivity index (χ1v) is 6.14. The number of hydrogen-bond donors (Lipinski definition) is 4. The van der Waals surface area contributed by atoms with Crippen molar-refractivity contribution in [2.75, 3.05) is 26.7 Å². The van der Waals surface area contributed by atoms with E-state index in [1.54, 1.807) is 0 Å². The molecule has 5 N–H and O–H groups in total. The summed E-state index contributed by atoms with van der Waals surface area (Å²) in [6.07, 6.45) is 1.98. The summed E-state index contributed by atoms with van der Waals surface area (Å²) in [5.41, 5.74) is 8.26. The lowest BCUT2D eigenvalue weighted by molar-refractivity contribution is -0.139. The highest BCUT2D eigenvalue weighted by molar-refractivity contribution is 5.76. The van der Waals surface area contributed by atoms with Gasteiger partial charge in [-0.05, 0) is 25.9 Å². The molecule has 106 valence electrons. The number of hydrazine groups is 1. The molecule has 0 aromatic carbocycles. The maximum absolute atomic E-state index is 11.5. The van der Waals surface area contributed by atoms with Crippen LogP contribution in [0.2, 0.25) is 0 Å². The molecule has 0 rings (SSSR count). The lowest BCUT2D eigenvalue weighted by atomic mass is 10.1. The van der Waals surface area contributed by atoms with Crippen molar-refractivity contribution in [3.63, 3.8) is 0 Å². The average molecular weight is 260 g/mol. The fourth-order valence-electron chi connectivity index (χ4n) is 1.43. The minimum Gasteiger partial charge on any atom is -0.480 e. The standard InChI is InChI=1S/C11H24N4O3/c1-3-5-13-6-4-9(12)7-10(16)14-15(2)8-11(17)18/h9,13H,3-8,12H2,1-2H3,(H,14,16)(H,17,18)/t9-/m0/s1. The van der Waals surface area contributed by atoms with Gasteiger partial charge in [0.05, 0.1) is 0 Å². The summed E-state index contributed by atoms with van der Waals surface area (Å²) >= 11 is 0. The highest BCUT2D eigenvalue weighted by Gasteiger charge is 2.12. The molecular weight excluding hydrogens is 236 g/mol. The Hall–Kier alpha value is -1.18. The molecule has 0 aliphatic heterocycles. The van der Waals surface area contributed by atoms with E-state index in [-0.39, 0.29) is 24.9 Å². The van der Waals surface area contributed by atoms with Crippen LogP contribution in [0.15, 0.2) is 0 Å². The molecule has 0 unspecified atom stereocenters. The third kappa shape index (κ3) is 10.0. The van der Waals surface area contributed by atoms with Crippen LogP contribution in [0.1, 0.15) is 26.2 Å². The summed E-state index contributed by atoms with van der Waals surface area (Å²) in [7, 11) is 1.50. The third-order valence-electron chi connectivity index (χ3n) is 2.25. The highest BCUT2D eigenvalue weighted by atomic mass is 16.4. The number of aliphatic carboxylic acids is 1. The van der Waals surface area contributed by atoms with Gasteiger partial charge in [0.25, 0.3) is 0 Å². The van der Waals surface area contributed by atoms with E-state index in [0.29, 0.717) is 0 Å². The second-order valence-corrected chi connectivity index (χ2v) is 4.29. The van der Waals surface area contributed by atoms with E-state index < -0.39 is 5.97 Å². The molecule has 0 aliphatic carbocycles. The summed E-state index contributed by atoms with van der Waals surface area (Å²) in [5, 5.41) is 13.0. The molecule has 7 heteroatoms. The van der Waals surface area contributed by atoms with E-state index in [1.165, 1.54) is 12.1 Å². The first-order valence-electron chi connectivity index (χ1n) is 6.14. The Morgan fingerprint density at radius 1 is 1.39 bits per heavy atom. The quantitative estimate of drug-likeness (QED) is 0.301. The Morgan fingerprint density at radius 3 is 2.61 bits per heavy atom. The zero-order valence-electron chi connectivity index (χ0n) is 11.1. The van der Waals surface area contributed by atoms with Gasteiger partial charge in [-0.1, -0.05) is 6.92 Å². The summed E-state index contributed by atoms with van der Waals surface area (Å²) in [6.45, 7) is 3.57. The number of carboxylic acid groups (broad SMARTS) is 1. The summed E-state index contributed by atoms with van der Waals surface area (Å²) < 4.78 is 0. The second-order valence-electron chi connectivity index (χ2n) is 4.29. The van der Waals surface area contributed by atoms with Gasteiger partial charge >= 0.3 is 5.97 Å². The SMILES string of the molecule is CCCNCC[C@H](N)CC(=O)NN(C)CC(=O)O. The minimum absolute atomic E-state index is 0.192. The van der Waals surface area contributed by atoms with Crippen LogP contribution in [0.4, 0.5) is 0 Å². The molecule has 0 saturated heterocycles. The first kappa shape index (κ1) is 16.8. The molecule has 0 bridgehead atoms. The lowest BCUT2D eigenvalue weighted by Crippen LogP contribution is -2.44. The average Bonchev–Trinajstić information content (AvgIpc) is 2.22. The number of carboxylic acids is 1. The second kappa shape index (κ2) is 9.81. The number of nitrogens with two attached hydrogens (primary N) is 1. The van der Waals surface area contributed by atoms with Crippen LogP contribution in [0.5, 0.6) is 0 Å². The predicted molar refractivity (Wildman–Crippen MR) is 68.8 cm³/mol. The number of hydrogen-bond acceptors (Lipinski definition) is 5. The van der Waals surface area contributed by atoms with E-state index >= 15 is 0 Å². The van der Waals surface area contributed by atoms with Gasteiger partial charge in [-0.3, -0.25) is 15.0 Å². The van der Waals surface area contributed by atoms with Crippen molar-refractivity contribution in [1.29, 1.82) is 0 Å². The molecular formula is C11H24N4O3. The van der Waals surface area contributed by atoms with Gasteiger partial charge in [-0.2, -0.15) is 0 Å². The van der Waals surface area contributed by atoms with Crippen LogP contribution in [0.3, 0.4) is 0 Å². The summed E-state index contributed by atoms with van der Waals surface area (Å²) in [5.74, 6) is -1.26. The van der Waals surface area contributed by atoms with E-state index in [9.17, 15) is 9.59 Å². The molecule has 0 aromatic heterocycles. The molecule has 18 heavy (non-hydrogen) atoms. The number of nitrogens with zero attached hydrogens (tertiary/aromatic N) is 1. The fraction of sp³-hybridized carbons (Fsp3) is 0.818. The molecule has 0 aliphatic rings. The molecule has 0 saturated carbocycles. The van der Waals surface area contributed by atoms with Crippen LogP contribution < -0.4 is 16.5 Å². The number of amides is 1. The molecule has 0 aromatic rings. The highest BCUT2D eigenvalue weighted by Crippen LogP contribution is 1.94. The van der Waals surface area contributed by atoms with Crippen molar-refractivity contribution >= 4 is 11.9 Å². The van der Waals surface area contributed by atoms with Crippen molar-refractivity contribution in [3.05, 3.63) is 0 Å². The fourth-order valence-corrected chi connectivity index (χ4v) is 1.43. The normalized spacial score (nSPS) is 12.4. The number of nitrogens with one attached hydrogen (secondary N) is 2. The zero-order valence-corrected chi connectivity index (χ0v) is 11.1. The molecule has 1 atom stereocenters. The maximum atomic E-state index is 11.5. The largest absolute Gasteiger partial charge is 0.480 e. The third-order valence-corrected chi connectivity index (χ3v) is 2.25. The van der Waals surface area contributed by atoms with E-state index in [2.05, 4.69) is 17.7 Å². The van der Waals surface area contributed by atoms with Crippen molar-refractivity contribution in [3.8, 4) is 0 Å². The first-order chi connectivity index (χ1) is 8.45. The Kier molecular flexibility index (Phi) is 9.17. The van der Waals surface area contributed by atoms with Gasteiger partial charge in [0.15, 0.2) is 0 Å². The number of rotatable bonds is 10. The van der Waals surface area contributed by atoms with E-state index in [4.69, 9.17) is 10.8 Å². The van der Waals surface area contributed by atoms with E-state index in [1.807, 2.05) is 0 Å². The summed E-state index contributed by atoms with van der Waals surface area (Å²) in [6, 6.07) is -0.215.